The van der Waals surface area contributed by atoms with E-state index in [1.165, 1.54) is 20.9 Å². The highest BCUT2D eigenvalue weighted by Gasteiger charge is 2.27. The molecule has 1 aromatic carbocycles. The number of thiophene rings is 1. The first-order chi connectivity index (χ1) is 15.1. The number of aromatic nitrogens is 1. The van der Waals surface area contributed by atoms with Gasteiger partial charge in [-0.2, -0.15) is 0 Å². The van der Waals surface area contributed by atoms with Crippen LogP contribution in [0, 0.1) is 0 Å². The van der Waals surface area contributed by atoms with Gasteiger partial charge in [-0.1, -0.05) is 12.1 Å². The molecule has 7 nitrogen and oxygen atoms in total. The molecule has 2 aliphatic rings. The second kappa shape index (κ2) is 8.66. The minimum Gasteiger partial charge on any atom is -0.365 e. The van der Waals surface area contributed by atoms with Gasteiger partial charge in [0.1, 0.15) is 10.0 Å². The zero-order valence-corrected chi connectivity index (χ0v) is 18.9. The fourth-order valence-corrected chi connectivity index (χ4v) is 6.73. The number of hydrogen-bond acceptors (Lipinski definition) is 7. The molecular formula is C22H25N5O2S2. The van der Waals surface area contributed by atoms with Gasteiger partial charge in [0.15, 0.2) is 0 Å². The summed E-state index contributed by atoms with van der Waals surface area (Å²) in [6.07, 6.45) is 2.89. The quantitative estimate of drug-likeness (QED) is 0.596. The molecule has 2 aromatic heterocycles. The van der Waals surface area contributed by atoms with E-state index in [0.29, 0.717) is 17.1 Å². The van der Waals surface area contributed by atoms with Crippen LogP contribution in [0.15, 0.2) is 24.3 Å². The molecule has 1 saturated heterocycles. The molecule has 31 heavy (non-hydrogen) atoms. The number of hydrogen-bond donors (Lipinski definition) is 2. The number of primary amides is 1. The van der Waals surface area contributed by atoms with E-state index in [1.807, 2.05) is 12.1 Å². The van der Waals surface area contributed by atoms with Crippen molar-refractivity contribution >= 4 is 49.7 Å². The number of piperazine rings is 1. The third-order valence-corrected chi connectivity index (χ3v) is 8.18. The Balaban J connectivity index is 1.14. The summed E-state index contributed by atoms with van der Waals surface area (Å²) in [5.74, 6) is -0.528. The fourth-order valence-electron chi connectivity index (χ4n) is 4.41. The van der Waals surface area contributed by atoms with Gasteiger partial charge >= 0.3 is 0 Å². The third kappa shape index (κ3) is 4.36. The van der Waals surface area contributed by atoms with Crippen LogP contribution in [0.4, 0.5) is 5.00 Å². The highest BCUT2D eigenvalue weighted by Crippen LogP contribution is 2.38. The van der Waals surface area contributed by atoms with Crippen molar-refractivity contribution in [1.82, 2.24) is 14.8 Å². The first kappa shape index (κ1) is 20.6. The van der Waals surface area contributed by atoms with E-state index in [4.69, 9.17) is 10.7 Å². The van der Waals surface area contributed by atoms with Gasteiger partial charge in [-0.3, -0.25) is 19.4 Å². The molecule has 1 fully saturated rings. The van der Waals surface area contributed by atoms with Gasteiger partial charge in [0.25, 0.3) is 5.91 Å². The monoisotopic (exact) mass is 455 g/mol. The molecule has 0 saturated carbocycles. The lowest BCUT2D eigenvalue weighted by Gasteiger charge is -2.33. The molecule has 2 amide bonds. The van der Waals surface area contributed by atoms with Gasteiger partial charge in [0.05, 0.1) is 28.9 Å². The number of nitrogens with two attached hydrogens (primary N) is 1. The zero-order valence-electron chi connectivity index (χ0n) is 17.2. The van der Waals surface area contributed by atoms with Crippen molar-refractivity contribution in [2.75, 3.05) is 38.0 Å². The van der Waals surface area contributed by atoms with Crippen molar-refractivity contribution < 1.29 is 9.59 Å². The van der Waals surface area contributed by atoms with Crippen molar-refractivity contribution in [1.29, 1.82) is 0 Å². The number of rotatable bonds is 6. The molecule has 9 heteroatoms. The number of aryl methyl sites for hydroxylation is 1. The average molecular weight is 456 g/mol. The second-order valence-corrected chi connectivity index (χ2v) is 10.3. The highest BCUT2D eigenvalue weighted by molar-refractivity contribution is 7.18. The summed E-state index contributed by atoms with van der Waals surface area (Å²) in [5.41, 5.74) is 8.21. The molecule has 5 rings (SSSR count). The number of para-hydroxylation sites is 1. The van der Waals surface area contributed by atoms with Crippen LogP contribution in [0.1, 0.15) is 32.2 Å². The van der Waals surface area contributed by atoms with E-state index >= 15 is 0 Å². The third-order valence-electron chi connectivity index (χ3n) is 5.95. The highest BCUT2D eigenvalue weighted by atomic mass is 32.1. The van der Waals surface area contributed by atoms with Crippen molar-refractivity contribution in [2.45, 2.75) is 25.8 Å². The number of thiazole rings is 1. The van der Waals surface area contributed by atoms with Gasteiger partial charge in [0.2, 0.25) is 5.91 Å². The van der Waals surface area contributed by atoms with Crippen molar-refractivity contribution in [3.63, 3.8) is 0 Å². The number of benzene rings is 1. The molecule has 0 unspecified atom stereocenters. The molecule has 162 valence electrons. The topological polar surface area (TPSA) is 91.6 Å². The van der Waals surface area contributed by atoms with E-state index in [-0.39, 0.29) is 5.91 Å². The van der Waals surface area contributed by atoms with Crippen LogP contribution in [0.25, 0.3) is 10.2 Å². The summed E-state index contributed by atoms with van der Waals surface area (Å²) >= 11 is 3.26. The van der Waals surface area contributed by atoms with E-state index < -0.39 is 5.91 Å². The summed E-state index contributed by atoms with van der Waals surface area (Å²) in [5, 5.41) is 4.71. The Hall–Kier alpha value is -2.33. The van der Waals surface area contributed by atoms with Gasteiger partial charge in [-0.25, -0.2) is 4.98 Å². The SMILES string of the molecule is NC(=O)c1c(NC(=O)CN2CCN(Cc3nc4ccccc4s3)CC2)sc2c1CCC2. The number of nitrogens with zero attached hydrogens (tertiary/aromatic N) is 3. The van der Waals surface area contributed by atoms with Crippen LogP contribution in [0.2, 0.25) is 0 Å². The predicted octanol–water partition coefficient (Wildman–Crippen LogP) is 2.70. The average Bonchev–Trinajstić information content (AvgIpc) is 3.42. The van der Waals surface area contributed by atoms with Crippen molar-refractivity contribution in [3.05, 3.63) is 45.3 Å². The van der Waals surface area contributed by atoms with Crippen LogP contribution in [0.3, 0.4) is 0 Å². The van der Waals surface area contributed by atoms with Crippen LogP contribution in [0.5, 0.6) is 0 Å². The lowest BCUT2D eigenvalue weighted by atomic mass is 10.1. The summed E-state index contributed by atoms with van der Waals surface area (Å²) in [4.78, 5) is 35.0. The van der Waals surface area contributed by atoms with Crippen LogP contribution in [-0.4, -0.2) is 59.3 Å². The molecule has 3 aromatic rings. The Morgan fingerprint density at radius 1 is 1.06 bits per heavy atom. The molecule has 0 radical (unpaired) electrons. The maximum absolute atomic E-state index is 12.6. The molecular weight excluding hydrogens is 430 g/mol. The Bertz CT molecular complexity index is 1100. The minimum atomic E-state index is -0.446. The maximum Gasteiger partial charge on any atom is 0.251 e. The predicted molar refractivity (Wildman–Crippen MR) is 125 cm³/mol. The molecule has 1 aliphatic carbocycles. The maximum atomic E-state index is 12.6. The Morgan fingerprint density at radius 3 is 2.61 bits per heavy atom. The van der Waals surface area contributed by atoms with E-state index in [0.717, 1.165) is 68.1 Å². The van der Waals surface area contributed by atoms with Crippen LogP contribution in [-0.2, 0) is 24.2 Å². The van der Waals surface area contributed by atoms with Gasteiger partial charge in [0, 0.05) is 31.1 Å². The van der Waals surface area contributed by atoms with E-state index in [1.54, 1.807) is 11.3 Å². The number of anilines is 1. The van der Waals surface area contributed by atoms with Gasteiger partial charge in [-0.05, 0) is 37.0 Å². The van der Waals surface area contributed by atoms with Gasteiger partial charge < -0.3 is 11.1 Å². The number of nitrogens with one attached hydrogen (secondary N) is 1. The lowest BCUT2D eigenvalue weighted by Crippen LogP contribution is -2.48. The summed E-state index contributed by atoms with van der Waals surface area (Å²) in [6, 6.07) is 8.23. The molecule has 1 aliphatic heterocycles. The number of carbonyl (C=O) groups excluding carboxylic acids is 2. The fraction of sp³-hybridized carbons (Fsp3) is 0.409. The van der Waals surface area contributed by atoms with Crippen LogP contribution < -0.4 is 11.1 Å². The molecule has 3 N–H and O–H groups in total. The van der Waals surface area contributed by atoms with Crippen LogP contribution >= 0.6 is 22.7 Å². The minimum absolute atomic E-state index is 0.0814. The summed E-state index contributed by atoms with van der Waals surface area (Å²) < 4.78 is 1.22. The smallest absolute Gasteiger partial charge is 0.251 e. The molecule has 0 atom stereocenters. The summed E-state index contributed by atoms with van der Waals surface area (Å²) in [7, 11) is 0. The molecule has 3 heterocycles. The standard InChI is InChI=1S/C22H25N5O2S2/c23-21(29)20-14-4-3-7-16(14)31-22(20)25-18(28)12-26-8-10-27(11-9-26)13-19-24-15-5-1-2-6-17(15)30-19/h1-2,5-6H,3-4,7-13H2,(H2,23,29)(H,25,28). The normalized spacial score (nSPS) is 17.2. The van der Waals surface area contributed by atoms with Crippen molar-refractivity contribution in [3.8, 4) is 0 Å². The Labute approximate surface area is 188 Å². The Kier molecular flexibility index (Phi) is 5.75. The Morgan fingerprint density at radius 2 is 1.84 bits per heavy atom. The first-order valence-corrected chi connectivity index (χ1v) is 12.2. The van der Waals surface area contributed by atoms with Crippen molar-refractivity contribution in [2.24, 2.45) is 5.73 Å². The largest absolute Gasteiger partial charge is 0.365 e. The van der Waals surface area contributed by atoms with E-state index in [2.05, 4.69) is 27.2 Å². The molecule has 0 spiro atoms. The lowest BCUT2D eigenvalue weighted by molar-refractivity contribution is -0.117. The molecule has 0 bridgehead atoms. The van der Waals surface area contributed by atoms with Gasteiger partial charge in [-0.15, -0.1) is 22.7 Å². The zero-order chi connectivity index (χ0) is 21.4. The summed E-state index contributed by atoms with van der Waals surface area (Å²) in [6.45, 7) is 4.66. The van der Waals surface area contributed by atoms with E-state index in [9.17, 15) is 9.59 Å². The number of amides is 2. The first-order valence-electron chi connectivity index (χ1n) is 10.6. The number of fused-ring (bicyclic) bond motifs is 2. The second-order valence-electron chi connectivity index (χ2n) is 8.10. The number of carbonyl (C=O) groups is 2.